The minimum atomic E-state index is 0.782. The lowest BCUT2D eigenvalue weighted by atomic mass is 10.2. The van der Waals surface area contributed by atoms with Crippen LogP contribution >= 0.6 is 11.3 Å². The predicted octanol–water partition coefficient (Wildman–Crippen LogP) is 3.77. The van der Waals surface area contributed by atoms with Gasteiger partial charge in [-0.3, -0.25) is 0 Å². The first-order chi connectivity index (χ1) is 7.40. The monoisotopic (exact) mass is 214 g/mol. The van der Waals surface area contributed by atoms with Gasteiger partial charge in [0.2, 0.25) is 0 Å². The first-order valence-electron chi connectivity index (χ1n) is 4.62. The van der Waals surface area contributed by atoms with E-state index in [4.69, 9.17) is 4.74 Å². The molecule has 74 valence electrons. The molecule has 1 aromatic carbocycles. The van der Waals surface area contributed by atoms with E-state index in [9.17, 15) is 0 Å². The van der Waals surface area contributed by atoms with Crippen molar-refractivity contribution in [2.45, 2.75) is 6.92 Å². The van der Waals surface area contributed by atoms with Crippen molar-refractivity contribution in [2.75, 3.05) is 0 Å². The number of rotatable bonds is 2. The lowest BCUT2D eigenvalue weighted by Crippen LogP contribution is -1.81. The highest BCUT2D eigenvalue weighted by atomic mass is 32.1. The van der Waals surface area contributed by atoms with Gasteiger partial charge in [-0.05, 0) is 41.3 Å². The van der Waals surface area contributed by atoms with Crippen molar-refractivity contribution in [3.63, 3.8) is 0 Å². The Morgan fingerprint density at radius 2 is 1.93 bits per heavy atom. The molecule has 1 aromatic heterocycles. The van der Waals surface area contributed by atoms with Crippen molar-refractivity contribution in [3.05, 3.63) is 41.8 Å². The van der Waals surface area contributed by atoms with Crippen LogP contribution in [0.5, 0.6) is 5.75 Å². The number of ether oxygens (including phenoxy) is 1. The molecule has 1 heterocycles. The second-order valence-corrected chi connectivity index (χ2v) is 3.90. The predicted molar refractivity (Wildman–Crippen MR) is 63.8 cm³/mol. The van der Waals surface area contributed by atoms with Gasteiger partial charge >= 0.3 is 0 Å². The molecule has 0 atom stereocenters. The number of thiophene rings is 1. The molecule has 2 aromatic rings. The largest absolute Gasteiger partial charge is 0.408 e. The van der Waals surface area contributed by atoms with Crippen LogP contribution in [0.25, 0.3) is 10.4 Å². The molecule has 0 spiro atoms. The Labute approximate surface area is 93.3 Å². The van der Waals surface area contributed by atoms with Crippen LogP contribution in [-0.4, -0.2) is 0 Å². The van der Waals surface area contributed by atoms with Crippen LogP contribution in [0.3, 0.4) is 0 Å². The summed E-state index contributed by atoms with van der Waals surface area (Å²) in [4.78, 5) is 1.27. The molecule has 0 amide bonds. The highest BCUT2D eigenvalue weighted by molar-refractivity contribution is 7.13. The van der Waals surface area contributed by atoms with Gasteiger partial charge in [0.1, 0.15) is 11.9 Å². The molecule has 0 radical (unpaired) electrons. The second-order valence-electron chi connectivity index (χ2n) is 2.96. The number of hydrogen-bond acceptors (Lipinski definition) is 2. The highest BCUT2D eigenvalue weighted by Gasteiger charge is 1.98. The quantitative estimate of drug-likeness (QED) is 0.691. The SMILES string of the molecule is CC#COc1ccc(-c2cccs2)cc1. The van der Waals surface area contributed by atoms with Crippen molar-refractivity contribution in [3.8, 4) is 28.2 Å². The highest BCUT2D eigenvalue weighted by Crippen LogP contribution is 2.26. The minimum absolute atomic E-state index is 0.782. The summed E-state index contributed by atoms with van der Waals surface area (Å²) in [7, 11) is 0. The average Bonchev–Trinajstić information content (AvgIpc) is 2.80. The van der Waals surface area contributed by atoms with Crippen molar-refractivity contribution >= 4 is 11.3 Å². The Balaban J connectivity index is 2.20. The molecule has 2 heteroatoms. The molecule has 0 N–H and O–H groups in total. The van der Waals surface area contributed by atoms with Gasteiger partial charge in [-0.25, -0.2) is 0 Å². The van der Waals surface area contributed by atoms with Crippen LogP contribution < -0.4 is 4.74 Å². The zero-order valence-electron chi connectivity index (χ0n) is 8.36. The van der Waals surface area contributed by atoms with Gasteiger partial charge < -0.3 is 4.74 Å². The summed E-state index contributed by atoms with van der Waals surface area (Å²) in [5.41, 5.74) is 1.21. The first kappa shape index (κ1) is 9.82. The van der Waals surface area contributed by atoms with E-state index in [0.29, 0.717) is 0 Å². The summed E-state index contributed by atoms with van der Waals surface area (Å²) in [5.74, 6) is 3.47. The Hall–Kier alpha value is -1.72. The Kier molecular flexibility index (Phi) is 3.06. The molecule has 1 nitrogen and oxygen atoms in total. The van der Waals surface area contributed by atoms with Gasteiger partial charge in [0.05, 0.1) is 0 Å². The lowest BCUT2D eigenvalue weighted by Gasteiger charge is -1.99. The fraction of sp³-hybridized carbons (Fsp3) is 0.0769. The topological polar surface area (TPSA) is 9.23 Å². The number of hydrogen-bond donors (Lipinski definition) is 0. The third-order valence-electron chi connectivity index (χ3n) is 1.93. The maximum Gasteiger partial charge on any atom is 0.140 e. The second kappa shape index (κ2) is 4.68. The van der Waals surface area contributed by atoms with Crippen molar-refractivity contribution < 1.29 is 4.74 Å². The number of benzene rings is 1. The van der Waals surface area contributed by atoms with Crippen LogP contribution in [0, 0.1) is 12.0 Å². The van der Waals surface area contributed by atoms with E-state index in [2.05, 4.69) is 23.5 Å². The Morgan fingerprint density at radius 1 is 1.13 bits per heavy atom. The molecule has 0 fully saturated rings. The molecule has 0 saturated carbocycles. The molecule has 15 heavy (non-hydrogen) atoms. The van der Waals surface area contributed by atoms with E-state index in [-0.39, 0.29) is 0 Å². The molecule has 2 rings (SSSR count). The first-order valence-corrected chi connectivity index (χ1v) is 5.50. The van der Waals surface area contributed by atoms with Crippen LogP contribution in [0.4, 0.5) is 0 Å². The summed E-state index contributed by atoms with van der Waals surface area (Å²) in [6.45, 7) is 1.75. The standard InChI is InChI=1S/C13H10OS/c1-2-9-14-12-7-5-11(6-8-12)13-4-3-10-15-13/h3-8,10H,1H3. The average molecular weight is 214 g/mol. The van der Waals surface area contributed by atoms with Gasteiger partial charge in [-0.15, -0.1) is 11.3 Å². The van der Waals surface area contributed by atoms with Crippen LogP contribution in [0.15, 0.2) is 41.8 Å². The van der Waals surface area contributed by atoms with Crippen molar-refractivity contribution in [2.24, 2.45) is 0 Å². The van der Waals surface area contributed by atoms with E-state index >= 15 is 0 Å². The van der Waals surface area contributed by atoms with Crippen LogP contribution in [0.2, 0.25) is 0 Å². The zero-order chi connectivity index (χ0) is 10.5. The molecular formula is C13H10OS. The smallest absolute Gasteiger partial charge is 0.140 e. The summed E-state index contributed by atoms with van der Waals surface area (Å²) in [6, 6.07) is 12.1. The molecule has 0 bridgehead atoms. The fourth-order valence-corrected chi connectivity index (χ4v) is 1.97. The van der Waals surface area contributed by atoms with Crippen LogP contribution in [-0.2, 0) is 0 Å². The lowest BCUT2D eigenvalue weighted by molar-refractivity contribution is 0.519. The third kappa shape index (κ3) is 2.39. The molecule has 0 saturated heterocycles. The summed E-state index contributed by atoms with van der Waals surface area (Å²) >= 11 is 1.73. The fourth-order valence-electron chi connectivity index (χ4n) is 1.24. The normalized spacial score (nSPS) is 9.13. The van der Waals surface area contributed by atoms with E-state index in [1.54, 1.807) is 18.3 Å². The molecule has 0 unspecified atom stereocenters. The van der Waals surface area contributed by atoms with E-state index in [0.717, 1.165) is 5.75 Å². The Morgan fingerprint density at radius 3 is 2.53 bits per heavy atom. The maximum absolute atomic E-state index is 5.17. The molecular weight excluding hydrogens is 204 g/mol. The van der Waals surface area contributed by atoms with Crippen LogP contribution in [0.1, 0.15) is 6.92 Å². The summed E-state index contributed by atoms with van der Waals surface area (Å²) in [6.07, 6.45) is 2.57. The van der Waals surface area contributed by atoms with Gasteiger partial charge in [0, 0.05) is 11.8 Å². The Bertz CT molecular complexity index is 471. The zero-order valence-corrected chi connectivity index (χ0v) is 9.17. The van der Waals surface area contributed by atoms with Gasteiger partial charge in [0.15, 0.2) is 0 Å². The third-order valence-corrected chi connectivity index (χ3v) is 2.85. The summed E-state index contributed by atoms with van der Waals surface area (Å²) in [5, 5.41) is 2.07. The van der Waals surface area contributed by atoms with E-state index in [1.807, 2.05) is 30.3 Å². The maximum atomic E-state index is 5.17. The van der Waals surface area contributed by atoms with Crippen molar-refractivity contribution in [1.29, 1.82) is 0 Å². The minimum Gasteiger partial charge on any atom is -0.408 e. The molecule has 0 aliphatic carbocycles. The van der Waals surface area contributed by atoms with Crippen molar-refractivity contribution in [1.82, 2.24) is 0 Å². The van der Waals surface area contributed by atoms with Gasteiger partial charge in [-0.2, -0.15) is 0 Å². The molecule has 0 aliphatic rings. The van der Waals surface area contributed by atoms with Gasteiger partial charge in [0.25, 0.3) is 0 Å². The van der Waals surface area contributed by atoms with E-state index < -0.39 is 0 Å². The van der Waals surface area contributed by atoms with E-state index in [1.165, 1.54) is 10.4 Å². The summed E-state index contributed by atoms with van der Waals surface area (Å²) < 4.78 is 5.17. The van der Waals surface area contributed by atoms with Gasteiger partial charge in [-0.1, -0.05) is 12.0 Å². The molecule has 0 aliphatic heterocycles.